The number of nitrogens with one attached hydrogen (secondary N) is 1. The van der Waals surface area contributed by atoms with E-state index >= 15 is 0 Å². The number of nitrogens with zero attached hydrogens (tertiary/aromatic N) is 2. The Morgan fingerprint density at radius 2 is 1.90 bits per heavy atom. The summed E-state index contributed by atoms with van der Waals surface area (Å²) in [5, 5.41) is 3.55. The third-order valence-electron chi connectivity index (χ3n) is 5.06. The Kier molecular flexibility index (Phi) is 6.72. The summed E-state index contributed by atoms with van der Waals surface area (Å²) in [7, 11) is 3.15. The maximum Gasteiger partial charge on any atom is 0.238 e. The van der Waals surface area contributed by atoms with Crippen LogP contribution in [0.15, 0.2) is 36.7 Å². The fourth-order valence-corrected chi connectivity index (χ4v) is 3.57. The predicted molar refractivity (Wildman–Crippen MR) is 118 cm³/mol. The number of ether oxygens (including phenoxy) is 3. The van der Waals surface area contributed by atoms with Crippen molar-refractivity contribution in [2.45, 2.75) is 12.8 Å². The SMILES string of the molecule is COCCOc1cc2ncnc(C3C(=O)Nc4ccc(C(C)=O)cc43)c2cc1OC.Cl. The highest BCUT2D eigenvalue weighted by molar-refractivity contribution is 6.08. The molecule has 0 spiro atoms. The standard InChI is InChI=1S/C22H21N3O5.ClH/c1-12(26)13-4-5-16-14(8-13)20(22(27)25-16)21-15-9-18(29-3)19(30-7-6-28-2)10-17(15)23-11-24-21;/h4-5,8-11,20H,6-7H2,1-3H3,(H,25,27);1H. The number of benzene rings is 2. The third-order valence-corrected chi connectivity index (χ3v) is 5.06. The van der Waals surface area contributed by atoms with Crippen molar-refractivity contribution in [1.82, 2.24) is 9.97 Å². The zero-order valence-corrected chi connectivity index (χ0v) is 18.1. The molecule has 0 aliphatic carbocycles. The van der Waals surface area contributed by atoms with Crippen LogP contribution in [-0.2, 0) is 9.53 Å². The van der Waals surface area contributed by atoms with Gasteiger partial charge in [0, 0.05) is 29.8 Å². The van der Waals surface area contributed by atoms with E-state index in [2.05, 4.69) is 15.3 Å². The van der Waals surface area contributed by atoms with Gasteiger partial charge < -0.3 is 19.5 Å². The van der Waals surface area contributed by atoms with E-state index in [0.717, 1.165) is 0 Å². The van der Waals surface area contributed by atoms with E-state index in [4.69, 9.17) is 14.2 Å². The van der Waals surface area contributed by atoms with Crippen LogP contribution in [0.3, 0.4) is 0 Å². The van der Waals surface area contributed by atoms with E-state index in [1.165, 1.54) is 13.3 Å². The molecule has 0 bridgehead atoms. The van der Waals surface area contributed by atoms with Gasteiger partial charge in [0.15, 0.2) is 17.3 Å². The first-order valence-corrected chi connectivity index (χ1v) is 9.43. The lowest BCUT2D eigenvalue weighted by Gasteiger charge is -2.15. The molecular formula is C22H22ClN3O5. The molecule has 1 N–H and O–H groups in total. The number of carbonyl (C=O) groups excluding carboxylic acids is 2. The molecule has 162 valence electrons. The van der Waals surface area contributed by atoms with Crippen LogP contribution in [0.1, 0.15) is 34.5 Å². The zero-order chi connectivity index (χ0) is 21.3. The molecular weight excluding hydrogens is 422 g/mol. The summed E-state index contributed by atoms with van der Waals surface area (Å²) in [5.41, 5.74) is 3.09. The van der Waals surface area contributed by atoms with Gasteiger partial charge in [-0.2, -0.15) is 0 Å². The summed E-state index contributed by atoms with van der Waals surface area (Å²) in [6.07, 6.45) is 1.42. The van der Waals surface area contributed by atoms with Crippen molar-refractivity contribution in [3.63, 3.8) is 0 Å². The number of fused-ring (bicyclic) bond motifs is 2. The summed E-state index contributed by atoms with van der Waals surface area (Å²) < 4.78 is 16.2. The van der Waals surface area contributed by atoms with E-state index in [-0.39, 0.29) is 24.1 Å². The van der Waals surface area contributed by atoms with Gasteiger partial charge in [-0.15, -0.1) is 12.4 Å². The average Bonchev–Trinajstić information content (AvgIpc) is 3.07. The maximum atomic E-state index is 12.8. The van der Waals surface area contributed by atoms with Gasteiger partial charge >= 0.3 is 0 Å². The monoisotopic (exact) mass is 443 g/mol. The lowest BCUT2D eigenvalue weighted by molar-refractivity contribution is -0.116. The molecule has 0 saturated heterocycles. The number of anilines is 1. The first-order valence-electron chi connectivity index (χ1n) is 9.43. The van der Waals surface area contributed by atoms with Crippen LogP contribution in [0.2, 0.25) is 0 Å². The molecule has 0 saturated carbocycles. The van der Waals surface area contributed by atoms with Gasteiger partial charge in [0.25, 0.3) is 0 Å². The Morgan fingerprint density at radius 1 is 1.10 bits per heavy atom. The second kappa shape index (κ2) is 9.28. The van der Waals surface area contributed by atoms with Crippen LogP contribution in [-0.4, -0.2) is 49.1 Å². The molecule has 1 aliphatic heterocycles. The molecule has 8 nitrogen and oxygen atoms in total. The van der Waals surface area contributed by atoms with Crippen LogP contribution in [0.4, 0.5) is 5.69 Å². The van der Waals surface area contributed by atoms with E-state index in [1.54, 1.807) is 44.6 Å². The minimum absolute atomic E-state index is 0. The Morgan fingerprint density at radius 3 is 2.61 bits per heavy atom. The van der Waals surface area contributed by atoms with Crippen LogP contribution >= 0.6 is 12.4 Å². The van der Waals surface area contributed by atoms with Gasteiger partial charge in [-0.3, -0.25) is 9.59 Å². The first kappa shape index (κ1) is 22.5. The minimum Gasteiger partial charge on any atom is -0.493 e. The molecule has 3 aromatic rings. The van der Waals surface area contributed by atoms with Gasteiger partial charge in [-0.05, 0) is 36.8 Å². The molecule has 1 unspecified atom stereocenters. The van der Waals surface area contributed by atoms with Gasteiger partial charge in [0.05, 0.1) is 24.9 Å². The molecule has 2 aromatic carbocycles. The summed E-state index contributed by atoms with van der Waals surface area (Å²) in [6, 6.07) is 8.72. The molecule has 1 aliphatic rings. The molecule has 1 amide bonds. The Hall–Kier alpha value is -3.23. The smallest absolute Gasteiger partial charge is 0.238 e. The second-order valence-corrected chi connectivity index (χ2v) is 6.90. The second-order valence-electron chi connectivity index (χ2n) is 6.90. The van der Waals surface area contributed by atoms with Crippen molar-refractivity contribution < 1.29 is 23.8 Å². The zero-order valence-electron chi connectivity index (χ0n) is 17.3. The van der Waals surface area contributed by atoms with Crippen LogP contribution in [0.5, 0.6) is 11.5 Å². The number of Topliss-reactive ketones (excluding diaryl/α,β-unsaturated/α-hetero) is 1. The van der Waals surface area contributed by atoms with E-state index in [9.17, 15) is 9.59 Å². The summed E-state index contributed by atoms with van der Waals surface area (Å²) in [6.45, 7) is 2.30. The molecule has 31 heavy (non-hydrogen) atoms. The topological polar surface area (TPSA) is 99.6 Å². The summed E-state index contributed by atoms with van der Waals surface area (Å²) in [5.74, 6) is 0.107. The van der Waals surface area contributed by atoms with Crippen LogP contribution in [0.25, 0.3) is 10.9 Å². The molecule has 2 heterocycles. The lowest BCUT2D eigenvalue weighted by Crippen LogP contribution is -2.15. The number of hydrogen-bond donors (Lipinski definition) is 1. The number of amides is 1. The average molecular weight is 444 g/mol. The highest BCUT2D eigenvalue weighted by Crippen LogP contribution is 2.41. The Balaban J connectivity index is 0.00000272. The number of carbonyl (C=O) groups is 2. The number of hydrogen-bond acceptors (Lipinski definition) is 7. The largest absolute Gasteiger partial charge is 0.493 e. The van der Waals surface area contributed by atoms with Crippen LogP contribution in [0, 0.1) is 0 Å². The van der Waals surface area contributed by atoms with Crippen LogP contribution < -0.4 is 14.8 Å². The van der Waals surface area contributed by atoms with E-state index < -0.39 is 5.92 Å². The molecule has 0 fully saturated rings. The van der Waals surface area contributed by atoms with Crippen molar-refractivity contribution >= 4 is 40.7 Å². The predicted octanol–water partition coefficient (Wildman–Crippen LogP) is 3.37. The molecule has 9 heteroatoms. The molecule has 1 aromatic heterocycles. The lowest BCUT2D eigenvalue weighted by atomic mass is 9.92. The summed E-state index contributed by atoms with van der Waals surface area (Å²) >= 11 is 0. The fraction of sp³-hybridized carbons (Fsp3) is 0.273. The van der Waals surface area contributed by atoms with Crippen molar-refractivity contribution in [1.29, 1.82) is 0 Å². The number of methoxy groups -OCH3 is 2. The van der Waals surface area contributed by atoms with Crippen molar-refractivity contribution in [3.8, 4) is 11.5 Å². The number of rotatable bonds is 7. The summed E-state index contributed by atoms with van der Waals surface area (Å²) in [4.78, 5) is 33.4. The number of ketones is 1. The first-order chi connectivity index (χ1) is 14.5. The Bertz CT molecular complexity index is 1150. The third kappa shape index (κ3) is 4.17. The van der Waals surface area contributed by atoms with Crippen molar-refractivity contribution in [2.24, 2.45) is 0 Å². The van der Waals surface area contributed by atoms with E-state index in [1.807, 2.05) is 0 Å². The van der Waals surface area contributed by atoms with Gasteiger partial charge in [0.2, 0.25) is 5.91 Å². The van der Waals surface area contributed by atoms with E-state index in [0.29, 0.717) is 58.1 Å². The molecule has 1 atom stereocenters. The van der Waals surface area contributed by atoms with Gasteiger partial charge in [0.1, 0.15) is 18.9 Å². The molecule has 4 rings (SSSR count). The quantitative estimate of drug-likeness (QED) is 0.441. The number of aromatic nitrogens is 2. The normalized spacial score (nSPS) is 14.5. The fourth-order valence-electron chi connectivity index (χ4n) is 3.57. The Labute approximate surface area is 185 Å². The highest BCUT2D eigenvalue weighted by Gasteiger charge is 2.35. The van der Waals surface area contributed by atoms with Gasteiger partial charge in [-0.25, -0.2) is 9.97 Å². The molecule has 0 radical (unpaired) electrons. The van der Waals surface area contributed by atoms with Crippen molar-refractivity contribution in [2.75, 3.05) is 32.8 Å². The number of halogens is 1. The maximum absolute atomic E-state index is 12.8. The highest BCUT2D eigenvalue weighted by atomic mass is 35.5. The van der Waals surface area contributed by atoms with Gasteiger partial charge in [-0.1, -0.05) is 0 Å². The minimum atomic E-state index is -0.658. The van der Waals surface area contributed by atoms with Crippen molar-refractivity contribution in [3.05, 3.63) is 53.5 Å².